The number of pyridine rings is 1. The van der Waals surface area contributed by atoms with Gasteiger partial charge >= 0.3 is 6.18 Å². The molecule has 0 bridgehead atoms. The first kappa shape index (κ1) is 28.4. The van der Waals surface area contributed by atoms with Gasteiger partial charge in [0, 0.05) is 28.3 Å². The molecule has 3 aromatic rings. The van der Waals surface area contributed by atoms with Gasteiger partial charge in [-0.25, -0.2) is 0 Å². The number of hydrogen-bond donors (Lipinski definition) is 2. The fraction of sp³-hybridized carbons (Fsp3) is 0.464. The van der Waals surface area contributed by atoms with Gasteiger partial charge in [-0.1, -0.05) is 18.2 Å². The molecule has 1 saturated heterocycles. The van der Waals surface area contributed by atoms with Gasteiger partial charge in [0.1, 0.15) is 5.75 Å². The van der Waals surface area contributed by atoms with E-state index in [1.54, 1.807) is 17.9 Å². The quantitative estimate of drug-likeness (QED) is 0.440. The summed E-state index contributed by atoms with van der Waals surface area (Å²) in [6.45, 7) is 5.85. The van der Waals surface area contributed by atoms with Crippen LogP contribution in [0.4, 0.5) is 13.2 Å². The summed E-state index contributed by atoms with van der Waals surface area (Å²) in [5.74, 6) is -1.49. The lowest BCUT2D eigenvalue weighted by molar-refractivity contribution is -0.172. The third-order valence-electron chi connectivity index (χ3n) is 7.66. The number of aryl methyl sites for hydroxylation is 1. The Bertz CT molecular complexity index is 1440. The van der Waals surface area contributed by atoms with Crippen molar-refractivity contribution in [3.63, 3.8) is 0 Å². The molecule has 1 aliphatic heterocycles. The number of halogens is 3. The lowest BCUT2D eigenvalue weighted by Crippen LogP contribution is -2.42. The third kappa shape index (κ3) is 5.88. The minimum atomic E-state index is -4.82. The van der Waals surface area contributed by atoms with E-state index in [2.05, 4.69) is 21.8 Å². The molecular weight excluding hydrogens is 513 g/mol. The van der Waals surface area contributed by atoms with E-state index < -0.39 is 18.5 Å². The number of carbonyl (C=O) groups is 2. The average molecular weight is 547 g/mol. The Labute approximate surface area is 224 Å². The number of benzene rings is 1. The predicted octanol–water partition coefficient (Wildman–Crippen LogP) is 4.29. The third-order valence-corrected chi connectivity index (χ3v) is 7.66. The maximum absolute atomic E-state index is 13.5. The number of likely N-dealkylation sites (tertiary alicyclic amines) is 1. The van der Waals surface area contributed by atoms with Crippen molar-refractivity contribution in [3.05, 3.63) is 63.2 Å². The van der Waals surface area contributed by atoms with E-state index in [1.807, 2.05) is 31.2 Å². The summed E-state index contributed by atoms with van der Waals surface area (Å²) in [4.78, 5) is 41.6. The van der Waals surface area contributed by atoms with E-state index in [9.17, 15) is 27.6 Å². The van der Waals surface area contributed by atoms with Gasteiger partial charge in [-0.05, 0) is 64.8 Å². The highest BCUT2D eigenvalue weighted by molar-refractivity contribution is 6.08. The molecule has 1 aliphatic rings. The summed E-state index contributed by atoms with van der Waals surface area (Å²) in [5, 5.41) is 3.64. The SMILES string of the molecule is COc1cc(C)[nH]c(=O)c1CNC(=O)c1c(C)n([C@H](C)C2CCN(CC(=O)C(F)(F)F)CC2)c2ccccc12. The standard InChI is InChI=1S/C28H33F3N4O4/c1-16-13-23(39-4)21(26(37)33-16)14-32-27(38)25-18(3)35(22-8-6-5-7-20(22)25)17(2)19-9-11-34(12-10-19)15-24(36)28(29,30)31/h5-8,13,17,19H,9-12,14-15H2,1-4H3,(H,32,38)(H,33,37)/t17-/m1/s1. The van der Waals surface area contributed by atoms with Crippen LogP contribution in [-0.4, -0.2) is 59.1 Å². The topological polar surface area (TPSA) is 96.4 Å². The van der Waals surface area contributed by atoms with E-state index in [-0.39, 0.29) is 30.0 Å². The van der Waals surface area contributed by atoms with Crippen molar-refractivity contribution in [2.75, 3.05) is 26.7 Å². The molecule has 210 valence electrons. The molecule has 0 radical (unpaired) electrons. The maximum Gasteiger partial charge on any atom is 0.451 e. The normalized spacial score (nSPS) is 15.9. The lowest BCUT2D eigenvalue weighted by Gasteiger charge is -2.36. The van der Waals surface area contributed by atoms with Gasteiger partial charge < -0.3 is 19.6 Å². The lowest BCUT2D eigenvalue weighted by atomic mass is 9.89. The summed E-state index contributed by atoms with van der Waals surface area (Å²) in [6.07, 6.45) is -3.55. The monoisotopic (exact) mass is 546 g/mol. The van der Waals surface area contributed by atoms with Gasteiger partial charge in [0.2, 0.25) is 5.78 Å². The van der Waals surface area contributed by atoms with E-state index in [1.165, 1.54) is 7.11 Å². The first-order valence-electron chi connectivity index (χ1n) is 12.9. The number of rotatable bonds is 8. The van der Waals surface area contributed by atoms with Crippen molar-refractivity contribution in [1.82, 2.24) is 19.8 Å². The Morgan fingerprint density at radius 3 is 2.49 bits per heavy atom. The number of Topliss-reactive ketones (excluding diaryl/α,β-unsaturated/α-hetero) is 1. The zero-order valence-electron chi connectivity index (χ0n) is 22.4. The highest BCUT2D eigenvalue weighted by Crippen LogP contribution is 2.36. The van der Waals surface area contributed by atoms with Gasteiger partial charge in [0.15, 0.2) is 0 Å². The average Bonchev–Trinajstić information content (AvgIpc) is 3.18. The van der Waals surface area contributed by atoms with Crippen LogP contribution in [0.3, 0.4) is 0 Å². The minimum absolute atomic E-state index is 0.0127. The second-order valence-electron chi connectivity index (χ2n) is 10.1. The molecule has 3 heterocycles. The first-order valence-corrected chi connectivity index (χ1v) is 12.9. The number of hydrogen-bond acceptors (Lipinski definition) is 5. The number of carbonyl (C=O) groups excluding carboxylic acids is 2. The summed E-state index contributed by atoms with van der Waals surface area (Å²) in [6, 6.07) is 9.25. The van der Waals surface area contributed by atoms with Crippen LogP contribution in [0, 0.1) is 19.8 Å². The molecule has 1 aromatic carbocycles. The molecule has 2 N–H and O–H groups in total. The van der Waals surface area contributed by atoms with Crippen molar-refractivity contribution in [2.45, 2.75) is 52.4 Å². The molecule has 8 nitrogen and oxygen atoms in total. The number of alkyl halides is 3. The van der Waals surface area contributed by atoms with Crippen molar-refractivity contribution in [3.8, 4) is 5.75 Å². The number of ether oxygens (including phenoxy) is 1. The Morgan fingerprint density at radius 1 is 1.18 bits per heavy atom. The molecule has 11 heteroatoms. The molecule has 0 spiro atoms. The molecule has 39 heavy (non-hydrogen) atoms. The van der Waals surface area contributed by atoms with Crippen LogP contribution in [0.25, 0.3) is 10.9 Å². The van der Waals surface area contributed by atoms with Crippen LogP contribution < -0.4 is 15.6 Å². The molecular formula is C28H33F3N4O4. The number of aromatic amines is 1. The van der Waals surface area contributed by atoms with Crippen molar-refractivity contribution >= 4 is 22.6 Å². The van der Waals surface area contributed by atoms with Crippen molar-refractivity contribution in [1.29, 1.82) is 0 Å². The number of piperidine rings is 1. The number of methoxy groups -OCH3 is 1. The molecule has 0 aliphatic carbocycles. The molecule has 0 saturated carbocycles. The highest BCUT2D eigenvalue weighted by atomic mass is 19.4. The zero-order valence-corrected chi connectivity index (χ0v) is 22.4. The number of fused-ring (bicyclic) bond motifs is 1. The summed E-state index contributed by atoms with van der Waals surface area (Å²) in [7, 11) is 1.47. The number of nitrogens with zero attached hydrogens (tertiary/aromatic N) is 2. The van der Waals surface area contributed by atoms with Gasteiger partial charge in [-0.15, -0.1) is 0 Å². The Balaban J connectivity index is 1.54. The largest absolute Gasteiger partial charge is 0.496 e. The smallest absolute Gasteiger partial charge is 0.451 e. The summed E-state index contributed by atoms with van der Waals surface area (Å²) >= 11 is 0. The van der Waals surface area contributed by atoms with Crippen molar-refractivity contribution < 1.29 is 27.5 Å². The van der Waals surface area contributed by atoms with Gasteiger partial charge in [-0.3, -0.25) is 19.3 Å². The molecule has 1 atom stereocenters. The molecule has 1 amide bonds. The summed E-state index contributed by atoms with van der Waals surface area (Å²) < 4.78 is 45.5. The van der Waals surface area contributed by atoms with Crippen LogP contribution in [0.5, 0.6) is 5.75 Å². The van der Waals surface area contributed by atoms with Gasteiger partial charge in [-0.2, -0.15) is 13.2 Å². The van der Waals surface area contributed by atoms with Gasteiger partial charge in [0.25, 0.3) is 11.5 Å². The summed E-state index contributed by atoms with van der Waals surface area (Å²) in [5.41, 5.74) is 2.80. The maximum atomic E-state index is 13.5. The predicted molar refractivity (Wildman–Crippen MR) is 141 cm³/mol. The molecule has 1 fully saturated rings. The molecule has 0 unspecified atom stereocenters. The Morgan fingerprint density at radius 2 is 1.85 bits per heavy atom. The molecule has 4 rings (SSSR count). The number of para-hydroxylation sites is 1. The van der Waals surface area contributed by atoms with E-state index >= 15 is 0 Å². The van der Waals surface area contributed by atoms with E-state index in [4.69, 9.17) is 4.74 Å². The number of H-pyrrole nitrogens is 1. The second kappa shape index (κ2) is 11.3. The molecule has 2 aromatic heterocycles. The fourth-order valence-electron chi connectivity index (χ4n) is 5.59. The minimum Gasteiger partial charge on any atom is -0.496 e. The fourth-order valence-corrected chi connectivity index (χ4v) is 5.59. The van der Waals surface area contributed by atoms with E-state index in [0.29, 0.717) is 48.5 Å². The highest BCUT2D eigenvalue weighted by Gasteiger charge is 2.39. The number of nitrogens with one attached hydrogen (secondary N) is 2. The second-order valence-corrected chi connectivity index (χ2v) is 10.1. The van der Waals surface area contributed by atoms with Crippen LogP contribution in [0.2, 0.25) is 0 Å². The van der Waals surface area contributed by atoms with Crippen LogP contribution in [0.1, 0.15) is 53.1 Å². The van der Waals surface area contributed by atoms with E-state index in [0.717, 1.165) is 16.6 Å². The number of aromatic nitrogens is 2. The zero-order chi connectivity index (χ0) is 28.5. The van der Waals surface area contributed by atoms with Crippen LogP contribution >= 0.6 is 0 Å². The van der Waals surface area contributed by atoms with Crippen molar-refractivity contribution in [2.24, 2.45) is 5.92 Å². The Hall–Kier alpha value is -3.60. The first-order chi connectivity index (χ1) is 18.4. The van der Waals surface area contributed by atoms with Crippen LogP contribution in [0.15, 0.2) is 35.1 Å². The number of amides is 1. The Kier molecular flexibility index (Phi) is 8.20. The van der Waals surface area contributed by atoms with Gasteiger partial charge in [0.05, 0.1) is 31.3 Å². The van der Waals surface area contributed by atoms with Crippen LogP contribution in [-0.2, 0) is 11.3 Å². The number of ketones is 1.